The van der Waals surface area contributed by atoms with E-state index < -0.39 is 0 Å². The Hall–Kier alpha value is -1.22. The van der Waals surface area contributed by atoms with E-state index in [1.165, 1.54) is 19.3 Å². The summed E-state index contributed by atoms with van der Waals surface area (Å²) in [5, 5.41) is 0.647. The van der Waals surface area contributed by atoms with Crippen molar-refractivity contribution >= 4 is 17.6 Å². The molecule has 4 rings (SSSR count). The average molecular weight is 337 g/mol. The van der Waals surface area contributed by atoms with Gasteiger partial charge in [0.2, 0.25) is 0 Å². The molecular weight excluding hydrogens is 312 g/mol. The van der Waals surface area contributed by atoms with Crippen molar-refractivity contribution in [2.45, 2.75) is 39.5 Å². The molecule has 1 aromatic carbocycles. The molecule has 0 saturated heterocycles. The van der Waals surface area contributed by atoms with Crippen LogP contribution in [-0.2, 0) is 9.53 Å². The Balaban J connectivity index is 1.36. The molecule has 2 bridgehead atoms. The SMILES string of the molecule is CC1(C)[C@H]2CC[C@@H](CCOC(=O)COc3ccc(Cl)cc3)[C@@H]1C2. The first kappa shape index (κ1) is 16.6. The van der Waals surface area contributed by atoms with E-state index in [1.807, 2.05) is 0 Å². The fraction of sp³-hybridized carbons (Fsp3) is 0.632. The molecule has 3 aliphatic carbocycles. The molecule has 1 aromatic rings. The third-order valence-electron chi connectivity index (χ3n) is 5.92. The number of esters is 1. The fourth-order valence-electron chi connectivity index (χ4n) is 4.35. The van der Waals surface area contributed by atoms with Crippen LogP contribution in [0.3, 0.4) is 0 Å². The average Bonchev–Trinajstić information content (AvgIpc) is 2.54. The Morgan fingerprint density at radius 2 is 2.00 bits per heavy atom. The Morgan fingerprint density at radius 3 is 2.65 bits per heavy atom. The number of halogens is 1. The van der Waals surface area contributed by atoms with Crippen LogP contribution >= 0.6 is 11.6 Å². The molecule has 3 saturated carbocycles. The molecule has 0 unspecified atom stereocenters. The van der Waals surface area contributed by atoms with Crippen molar-refractivity contribution in [2.24, 2.45) is 23.2 Å². The minimum Gasteiger partial charge on any atom is -0.482 e. The standard InChI is InChI=1S/C19H25ClO3/c1-19(2)14-4-3-13(17(19)11-14)9-10-22-18(21)12-23-16-7-5-15(20)6-8-16/h5-8,13-14,17H,3-4,9-12H2,1-2H3/t13-,14-,17-/m0/s1. The lowest BCUT2D eigenvalue weighted by Crippen LogP contribution is -2.52. The molecule has 3 atom stereocenters. The molecule has 23 heavy (non-hydrogen) atoms. The number of rotatable bonds is 6. The van der Waals surface area contributed by atoms with Gasteiger partial charge in [0.15, 0.2) is 6.61 Å². The van der Waals surface area contributed by atoms with Gasteiger partial charge in [-0.15, -0.1) is 0 Å². The van der Waals surface area contributed by atoms with Gasteiger partial charge in [-0.1, -0.05) is 25.4 Å². The number of hydrogen-bond acceptors (Lipinski definition) is 3. The van der Waals surface area contributed by atoms with Crippen LogP contribution in [0, 0.1) is 23.2 Å². The van der Waals surface area contributed by atoms with Crippen molar-refractivity contribution in [3.05, 3.63) is 29.3 Å². The summed E-state index contributed by atoms with van der Waals surface area (Å²) in [4.78, 5) is 11.8. The highest BCUT2D eigenvalue weighted by Crippen LogP contribution is 2.61. The van der Waals surface area contributed by atoms with Crippen LogP contribution in [0.25, 0.3) is 0 Å². The predicted molar refractivity (Wildman–Crippen MR) is 90.6 cm³/mol. The molecule has 126 valence electrons. The number of benzene rings is 1. The van der Waals surface area contributed by atoms with Gasteiger partial charge in [0.1, 0.15) is 5.75 Å². The predicted octanol–water partition coefficient (Wildman–Crippen LogP) is 4.72. The molecule has 0 radical (unpaired) electrons. The van der Waals surface area contributed by atoms with Crippen molar-refractivity contribution in [1.29, 1.82) is 0 Å². The first-order valence-electron chi connectivity index (χ1n) is 8.51. The molecule has 4 heteroatoms. The molecule has 0 spiro atoms. The second-order valence-corrected chi connectivity index (χ2v) is 7.89. The number of hydrogen-bond donors (Lipinski definition) is 0. The largest absolute Gasteiger partial charge is 0.482 e. The Bertz CT molecular complexity index is 550. The highest BCUT2D eigenvalue weighted by Gasteiger charge is 2.53. The summed E-state index contributed by atoms with van der Waals surface area (Å²) in [5.41, 5.74) is 0.491. The quantitative estimate of drug-likeness (QED) is 0.705. The Kier molecular flexibility index (Phi) is 4.86. The van der Waals surface area contributed by atoms with Gasteiger partial charge < -0.3 is 9.47 Å². The molecule has 0 heterocycles. The van der Waals surface area contributed by atoms with Crippen LogP contribution in [0.15, 0.2) is 24.3 Å². The van der Waals surface area contributed by atoms with Gasteiger partial charge in [-0.2, -0.15) is 0 Å². The smallest absolute Gasteiger partial charge is 0.344 e. The first-order chi connectivity index (χ1) is 11.0. The second kappa shape index (κ2) is 6.72. The van der Waals surface area contributed by atoms with Crippen LogP contribution < -0.4 is 4.74 Å². The summed E-state index contributed by atoms with van der Waals surface area (Å²) in [6.07, 6.45) is 4.97. The van der Waals surface area contributed by atoms with Gasteiger partial charge in [-0.3, -0.25) is 0 Å². The highest BCUT2D eigenvalue weighted by atomic mass is 35.5. The zero-order chi connectivity index (χ0) is 16.4. The van der Waals surface area contributed by atoms with Gasteiger partial charge in [-0.05, 0) is 73.1 Å². The minimum atomic E-state index is -0.304. The van der Waals surface area contributed by atoms with Gasteiger partial charge >= 0.3 is 5.97 Å². The van der Waals surface area contributed by atoms with Gasteiger partial charge in [-0.25, -0.2) is 4.79 Å². The summed E-state index contributed by atoms with van der Waals surface area (Å²) in [5.74, 6) is 2.76. The van der Waals surface area contributed by atoms with E-state index in [2.05, 4.69) is 13.8 Å². The van der Waals surface area contributed by atoms with E-state index in [-0.39, 0.29) is 12.6 Å². The van der Waals surface area contributed by atoms with Crippen molar-refractivity contribution < 1.29 is 14.3 Å². The number of carbonyl (C=O) groups is 1. The van der Waals surface area contributed by atoms with E-state index in [0.717, 1.165) is 18.3 Å². The molecule has 3 fully saturated rings. The summed E-state index contributed by atoms with van der Waals surface area (Å²) in [7, 11) is 0. The minimum absolute atomic E-state index is 0.0523. The first-order valence-corrected chi connectivity index (χ1v) is 8.88. The fourth-order valence-corrected chi connectivity index (χ4v) is 4.47. The van der Waals surface area contributed by atoms with Crippen LogP contribution in [-0.4, -0.2) is 19.2 Å². The Labute approximate surface area is 143 Å². The summed E-state index contributed by atoms with van der Waals surface area (Å²) >= 11 is 5.80. The lowest BCUT2D eigenvalue weighted by Gasteiger charge is -2.60. The molecular formula is C19H25ClO3. The lowest BCUT2D eigenvalue weighted by atomic mass is 9.45. The lowest BCUT2D eigenvalue weighted by molar-refractivity contribution is -0.148. The monoisotopic (exact) mass is 336 g/mol. The van der Waals surface area contributed by atoms with Gasteiger partial charge in [0, 0.05) is 5.02 Å². The highest BCUT2D eigenvalue weighted by molar-refractivity contribution is 6.30. The van der Waals surface area contributed by atoms with Crippen LogP contribution in [0.2, 0.25) is 5.02 Å². The molecule has 0 aliphatic heterocycles. The van der Waals surface area contributed by atoms with E-state index in [4.69, 9.17) is 21.1 Å². The molecule has 0 amide bonds. The molecule has 3 aliphatic rings. The van der Waals surface area contributed by atoms with E-state index in [1.54, 1.807) is 24.3 Å². The zero-order valence-electron chi connectivity index (χ0n) is 13.9. The third kappa shape index (κ3) is 3.65. The maximum Gasteiger partial charge on any atom is 0.344 e. The van der Waals surface area contributed by atoms with Crippen molar-refractivity contribution in [1.82, 2.24) is 0 Å². The summed E-state index contributed by atoms with van der Waals surface area (Å²) in [6, 6.07) is 6.96. The van der Waals surface area contributed by atoms with Gasteiger partial charge in [0.05, 0.1) is 6.61 Å². The van der Waals surface area contributed by atoms with E-state index in [0.29, 0.717) is 28.7 Å². The normalized spacial score (nSPS) is 27.9. The second-order valence-electron chi connectivity index (χ2n) is 7.45. The summed E-state index contributed by atoms with van der Waals surface area (Å²) < 4.78 is 10.7. The summed E-state index contributed by atoms with van der Waals surface area (Å²) in [6.45, 7) is 5.24. The van der Waals surface area contributed by atoms with E-state index >= 15 is 0 Å². The molecule has 0 N–H and O–H groups in total. The molecule has 3 nitrogen and oxygen atoms in total. The number of ether oxygens (including phenoxy) is 2. The maximum atomic E-state index is 11.8. The topological polar surface area (TPSA) is 35.5 Å². The van der Waals surface area contributed by atoms with Crippen molar-refractivity contribution in [3.8, 4) is 5.75 Å². The van der Waals surface area contributed by atoms with E-state index in [9.17, 15) is 4.79 Å². The maximum absolute atomic E-state index is 11.8. The van der Waals surface area contributed by atoms with Crippen LogP contribution in [0.4, 0.5) is 0 Å². The van der Waals surface area contributed by atoms with Crippen LogP contribution in [0.5, 0.6) is 5.75 Å². The number of fused-ring (bicyclic) bond motifs is 2. The Morgan fingerprint density at radius 1 is 1.26 bits per heavy atom. The molecule has 0 aromatic heterocycles. The van der Waals surface area contributed by atoms with Crippen molar-refractivity contribution in [2.75, 3.05) is 13.2 Å². The number of carbonyl (C=O) groups excluding carboxylic acids is 1. The van der Waals surface area contributed by atoms with Crippen molar-refractivity contribution in [3.63, 3.8) is 0 Å². The zero-order valence-corrected chi connectivity index (χ0v) is 14.6. The third-order valence-corrected chi connectivity index (χ3v) is 6.18. The van der Waals surface area contributed by atoms with Gasteiger partial charge in [0.25, 0.3) is 0 Å². The van der Waals surface area contributed by atoms with Crippen LogP contribution in [0.1, 0.15) is 39.5 Å².